The fourth-order valence-electron chi connectivity index (χ4n) is 1.81. The molecule has 0 radical (unpaired) electrons. The van der Waals surface area contributed by atoms with Crippen molar-refractivity contribution < 1.29 is 9.59 Å². The third-order valence-electron chi connectivity index (χ3n) is 3.75. The van der Waals surface area contributed by atoms with Crippen LogP contribution in [0.5, 0.6) is 0 Å². The standard InChI is InChI=1S/C16H23N3O2/c1-16(2,10-17)15(21)18-9-11-3-7-13(8-4-11)19-14(20)12-5-6-12/h3-4,7-8,12H,5-6,9-10,17H2,1-2H3,(H,18,21)(H,19,20). The highest BCUT2D eigenvalue weighted by Crippen LogP contribution is 2.30. The lowest BCUT2D eigenvalue weighted by Crippen LogP contribution is -2.41. The molecule has 0 unspecified atom stereocenters. The summed E-state index contributed by atoms with van der Waals surface area (Å²) < 4.78 is 0. The highest BCUT2D eigenvalue weighted by molar-refractivity contribution is 5.94. The number of carbonyl (C=O) groups is 2. The van der Waals surface area contributed by atoms with Crippen LogP contribution in [0.25, 0.3) is 0 Å². The number of nitrogens with one attached hydrogen (secondary N) is 2. The molecule has 4 N–H and O–H groups in total. The first-order valence-corrected chi connectivity index (χ1v) is 7.30. The van der Waals surface area contributed by atoms with Crippen LogP contribution in [-0.4, -0.2) is 18.4 Å². The summed E-state index contributed by atoms with van der Waals surface area (Å²) in [5.74, 6) is 0.235. The van der Waals surface area contributed by atoms with Gasteiger partial charge >= 0.3 is 0 Å². The monoisotopic (exact) mass is 289 g/mol. The van der Waals surface area contributed by atoms with Crippen molar-refractivity contribution in [2.75, 3.05) is 11.9 Å². The molecule has 0 atom stereocenters. The Labute approximate surface area is 125 Å². The van der Waals surface area contributed by atoms with Crippen LogP contribution in [0.4, 0.5) is 5.69 Å². The largest absolute Gasteiger partial charge is 0.352 e. The van der Waals surface area contributed by atoms with E-state index in [0.717, 1.165) is 24.1 Å². The minimum Gasteiger partial charge on any atom is -0.352 e. The van der Waals surface area contributed by atoms with Crippen LogP contribution in [0, 0.1) is 11.3 Å². The molecule has 0 spiro atoms. The van der Waals surface area contributed by atoms with Crippen molar-refractivity contribution in [3.8, 4) is 0 Å². The SMILES string of the molecule is CC(C)(CN)C(=O)NCc1ccc(NC(=O)C2CC2)cc1. The van der Waals surface area contributed by atoms with E-state index in [-0.39, 0.29) is 17.7 Å². The topological polar surface area (TPSA) is 84.2 Å². The normalized spacial score (nSPS) is 14.6. The highest BCUT2D eigenvalue weighted by Gasteiger charge is 2.29. The van der Waals surface area contributed by atoms with E-state index in [1.54, 1.807) is 0 Å². The first-order valence-electron chi connectivity index (χ1n) is 7.30. The fourth-order valence-corrected chi connectivity index (χ4v) is 1.81. The Morgan fingerprint density at radius 1 is 1.24 bits per heavy atom. The van der Waals surface area contributed by atoms with E-state index >= 15 is 0 Å². The second kappa shape index (κ2) is 6.26. The lowest BCUT2D eigenvalue weighted by Gasteiger charge is -2.21. The molecular weight excluding hydrogens is 266 g/mol. The molecule has 1 saturated carbocycles. The summed E-state index contributed by atoms with van der Waals surface area (Å²) in [5.41, 5.74) is 6.80. The Balaban J connectivity index is 1.84. The molecule has 2 amide bonds. The molecule has 0 aliphatic heterocycles. The Hall–Kier alpha value is -1.88. The van der Waals surface area contributed by atoms with Crippen LogP contribution < -0.4 is 16.4 Å². The van der Waals surface area contributed by atoms with Gasteiger partial charge in [0.15, 0.2) is 0 Å². The van der Waals surface area contributed by atoms with Gasteiger partial charge in [0.25, 0.3) is 0 Å². The van der Waals surface area contributed by atoms with Crippen LogP contribution >= 0.6 is 0 Å². The summed E-state index contributed by atoms with van der Waals surface area (Å²) >= 11 is 0. The zero-order chi connectivity index (χ0) is 15.5. The molecule has 1 aromatic carbocycles. The number of benzene rings is 1. The maximum atomic E-state index is 11.9. The van der Waals surface area contributed by atoms with Gasteiger partial charge in [-0.3, -0.25) is 9.59 Å². The van der Waals surface area contributed by atoms with Gasteiger partial charge < -0.3 is 16.4 Å². The molecule has 1 fully saturated rings. The first kappa shape index (κ1) is 15.5. The molecule has 5 heteroatoms. The molecule has 21 heavy (non-hydrogen) atoms. The summed E-state index contributed by atoms with van der Waals surface area (Å²) in [4.78, 5) is 23.6. The van der Waals surface area contributed by atoms with Gasteiger partial charge in [-0.1, -0.05) is 12.1 Å². The maximum Gasteiger partial charge on any atom is 0.227 e. The molecule has 0 saturated heterocycles. The van der Waals surface area contributed by atoms with E-state index in [1.807, 2.05) is 38.1 Å². The van der Waals surface area contributed by atoms with E-state index in [1.165, 1.54) is 0 Å². The average Bonchev–Trinajstić information content (AvgIpc) is 3.30. The van der Waals surface area contributed by atoms with Crippen molar-refractivity contribution in [3.63, 3.8) is 0 Å². The summed E-state index contributed by atoms with van der Waals surface area (Å²) in [5, 5.41) is 5.76. The Kier molecular flexibility index (Phi) is 4.63. The summed E-state index contributed by atoms with van der Waals surface area (Å²) in [6.07, 6.45) is 1.99. The van der Waals surface area contributed by atoms with E-state index in [4.69, 9.17) is 5.73 Å². The quantitative estimate of drug-likeness (QED) is 0.744. The first-order chi connectivity index (χ1) is 9.92. The minimum absolute atomic E-state index is 0.0592. The maximum absolute atomic E-state index is 11.9. The number of rotatable bonds is 6. The molecule has 114 valence electrons. The predicted molar refractivity (Wildman–Crippen MR) is 82.5 cm³/mol. The third kappa shape index (κ3) is 4.29. The summed E-state index contributed by atoms with van der Waals surface area (Å²) in [6.45, 7) is 4.40. The van der Waals surface area contributed by atoms with E-state index < -0.39 is 5.41 Å². The van der Waals surface area contributed by atoms with Gasteiger partial charge in [-0.15, -0.1) is 0 Å². The van der Waals surface area contributed by atoms with Crippen LogP contribution in [0.2, 0.25) is 0 Å². The molecule has 0 bridgehead atoms. The fraction of sp³-hybridized carbons (Fsp3) is 0.500. The van der Waals surface area contributed by atoms with Gasteiger partial charge in [-0.2, -0.15) is 0 Å². The van der Waals surface area contributed by atoms with Crippen LogP contribution in [0.15, 0.2) is 24.3 Å². The smallest absolute Gasteiger partial charge is 0.227 e. The van der Waals surface area contributed by atoms with Crippen LogP contribution in [-0.2, 0) is 16.1 Å². The molecule has 1 aliphatic rings. The molecule has 0 heterocycles. The number of amides is 2. The molecule has 2 rings (SSSR count). The van der Waals surface area contributed by atoms with Crippen molar-refractivity contribution in [2.45, 2.75) is 33.2 Å². The minimum atomic E-state index is -0.557. The number of hydrogen-bond acceptors (Lipinski definition) is 3. The number of nitrogens with two attached hydrogens (primary N) is 1. The molecule has 1 aromatic rings. The number of hydrogen-bond donors (Lipinski definition) is 3. The zero-order valence-corrected chi connectivity index (χ0v) is 12.6. The Morgan fingerprint density at radius 2 is 1.86 bits per heavy atom. The number of anilines is 1. The second-order valence-corrected chi connectivity index (χ2v) is 6.23. The van der Waals surface area contributed by atoms with Crippen molar-refractivity contribution >= 4 is 17.5 Å². The average molecular weight is 289 g/mol. The lowest BCUT2D eigenvalue weighted by atomic mass is 9.92. The van der Waals surface area contributed by atoms with Gasteiger partial charge in [-0.05, 0) is 44.4 Å². The van der Waals surface area contributed by atoms with Crippen molar-refractivity contribution in [2.24, 2.45) is 17.1 Å². The Bertz CT molecular complexity index is 519. The molecular formula is C16H23N3O2. The van der Waals surface area contributed by atoms with Crippen LogP contribution in [0.1, 0.15) is 32.3 Å². The van der Waals surface area contributed by atoms with E-state index in [2.05, 4.69) is 10.6 Å². The van der Waals surface area contributed by atoms with E-state index in [9.17, 15) is 9.59 Å². The van der Waals surface area contributed by atoms with Gasteiger partial charge in [0, 0.05) is 24.7 Å². The third-order valence-corrected chi connectivity index (χ3v) is 3.75. The lowest BCUT2D eigenvalue weighted by molar-refractivity contribution is -0.129. The van der Waals surface area contributed by atoms with Crippen molar-refractivity contribution in [1.29, 1.82) is 0 Å². The highest BCUT2D eigenvalue weighted by atomic mass is 16.2. The van der Waals surface area contributed by atoms with Crippen molar-refractivity contribution in [1.82, 2.24) is 5.32 Å². The molecule has 0 aromatic heterocycles. The number of carbonyl (C=O) groups excluding carboxylic acids is 2. The molecule has 5 nitrogen and oxygen atoms in total. The van der Waals surface area contributed by atoms with Gasteiger partial charge in [0.05, 0.1) is 5.41 Å². The van der Waals surface area contributed by atoms with Crippen LogP contribution in [0.3, 0.4) is 0 Å². The predicted octanol–water partition coefficient (Wildman–Crippen LogP) is 1.64. The van der Waals surface area contributed by atoms with E-state index in [0.29, 0.717) is 13.1 Å². The summed E-state index contributed by atoms with van der Waals surface area (Å²) in [7, 11) is 0. The van der Waals surface area contributed by atoms with Crippen molar-refractivity contribution in [3.05, 3.63) is 29.8 Å². The Morgan fingerprint density at radius 3 is 2.38 bits per heavy atom. The van der Waals surface area contributed by atoms with Gasteiger partial charge in [-0.25, -0.2) is 0 Å². The van der Waals surface area contributed by atoms with Gasteiger partial charge in [0.1, 0.15) is 0 Å². The zero-order valence-electron chi connectivity index (χ0n) is 12.6. The van der Waals surface area contributed by atoms with Gasteiger partial charge in [0.2, 0.25) is 11.8 Å². The molecule has 1 aliphatic carbocycles. The summed E-state index contributed by atoms with van der Waals surface area (Å²) in [6, 6.07) is 7.52. The second-order valence-electron chi connectivity index (χ2n) is 6.23.